The van der Waals surface area contributed by atoms with Crippen molar-refractivity contribution in [2.75, 3.05) is 13.7 Å². The van der Waals surface area contributed by atoms with Gasteiger partial charge in [-0.2, -0.15) is 0 Å². The summed E-state index contributed by atoms with van der Waals surface area (Å²) in [5, 5.41) is 0. The largest absolute Gasteiger partial charge is 0.508 e. The van der Waals surface area contributed by atoms with E-state index < -0.39 is 6.16 Å². The van der Waals surface area contributed by atoms with E-state index in [9.17, 15) is 4.79 Å². The molecule has 4 aliphatic rings. The summed E-state index contributed by atoms with van der Waals surface area (Å²) in [6.07, 6.45) is 17.6. The highest BCUT2D eigenvalue weighted by atomic mass is 16.7. The molecule has 176 valence electrons. The Kier molecular flexibility index (Phi) is 7.05. The van der Waals surface area contributed by atoms with Gasteiger partial charge in [0.25, 0.3) is 0 Å². The number of fused-ring (bicyclic) bond motifs is 5. The summed E-state index contributed by atoms with van der Waals surface area (Å²) >= 11 is 0. The first-order chi connectivity index (χ1) is 14.9. The molecule has 4 nitrogen and oxygen atoms in total. The van der Waals surface area contributed by atoms with Gasteiger partial charge >= 0.3 is 6.16 Å². The monoisotopic (exact) mass is 432 g/mol. The number of unbranched alkanes of at least 4 members (excludes halogenated alkanes) is 3. The topological polar surface area (TPSA) is 44.8 Å². The quantitative estimate of drug-likeness (QED) is 0.249. The average molecular weight is 433 g/mol. The van der Waals surface area contributed by atoms with E-state index in [1.54, 1.807) is 0 Å². The third-order valence-corrected chi connectivity index (χ3v) is 9.82. The molecule has 3 fully saturated rings. The molecule has 0 heterocycles. The van der Waals surface area contributed by atoms with Crippen LogP contribution in [0.25, 0.3) is 0 Å². The van der Waals surface area contributed by atoms with Crippen LogP contribution < -0.4 is 0 Å². The van der Waals surface area contributed by atoms with Gasteiger partial charge in [0.05, 0.1) is 12.7 Å². The van der Waals surface area contributed by atoms with Crippen LogP contribution in [0.2, 0.25) is 0 Å². The van der Waals surface area contributed by atoms with Gasteiger partial charge in [-0.05, 0) is 80.5 Å². The van der Waals surface area contributed by atoms with E-state index in [4.69, 9.17) is 14.2 Å². The van der Waals surface area contributed by atoms with Crippen molar-refractivity contribution in [2.45, 2.75) is 104 Å². The molecule has 0 aromatic heterocycles. The molecule has 8 atom stereocenters. The van der Waals surface area contributed by atoms with Crippen molar-refractivity contribution in [3.63, 3.8) is 0 Å². The van der Waals surface area contributed by atoms with Crippen molar-refractivity contribution in [3.05, 3.63) is 12.2 Å². The summed E-state index contributed by atoms with van der Waals surface area (Å²) in [4.78, 5) is 12.4. The maximum absolute atomic E-state index is 12.4. The van der Waals surface area contributed by atoms with Crippen LogP contribution >= 0.6 is 0 Å². The lowest BCUT2D eigenvalue weighted by molar-refractivity contribution is -0.108. The standard InChI is InChI=1S/C27H44O4/c1-5-6-7-8-17-30-25(28)31-24-12-11-22-21-10-9-19-18-20(29-4)13-15-26(19,2)23(21)14-16-27(22,24)3/h13,15,19-24H,5-12,14,16-18H2,1-4H3/t19-,20-,21-,22-,23-,24-,26-,27-/m0/s1. The van der Waals surface area contributed by atoms with Gasteiger partial charge in [0.15, 0.2) is 0 Å². The minimum Gasteiger partial charge on any atom is -0.434 e. The maximum Gasteiger partial charge on any atom is 0.508 e. The highest BCUT2D eigenvalue weighted by molar-refractivity contribution is 5.60. The Morgan fingerprint density at radius 3 is 2.65 bits per heavy atom. The van der Waals surface area contributed by atoms with Crippen LogP contribution in [0.1, 0.15) is 91.4 Å². The predicted molar refractivity (Wildman–Crippen MR) is 123 cm³/mol. The molecule has 31 heavy (non-hydrogen) atoms. The zero-order valence-electron chi connectivity index (χ0n) is 20.2. The van der Waals surface area contributed by atoms with E-state index in [0.717, 1.165) is 43.4 Å². The Balaban J connectivity index is 1.38. The van der Waals surface area contributed by atoms with Crippen LogP contribution in [0.5, 0.6) is 0 Å². The lowest BCUT2D eigenvalue weighted by Crippen LogP contribution is -2.53. The predicted octanol–water partition coefficient (Wildman–Crippen LogP) is 6.92. The van der Waals surface area contributed by atoms with E-state index in [0.29, 0.717) is 24.0 Å². The van der Waals surface area contributed by atoms with Gasteiger partial charge in [0, 0.05) is 12.5 Å². The van der Waals surface area contributed by atoms with E-state index in [-0.39, 0.29) is 11.5 Å². The summed E-state index contributed by atoms with van der Waals surface area (Å²) in [7, 11) is 1.84. The lowest BCUT2D eigenvalue weighted by Gasteiger charge is -2.59. The van der Waals surface area contributed by atoms with E-state index in [2.05, 4.69) is 32.9 Å². The van der Waals surface area contributed by atoms with Gasteiger partial charge in [-0.3, -0.25) is 0 Å². The Hall–Kier alpha value is -1.03. The van der Waals surface area contributed by atoms with Crippen molar-refractivity contribution in [1.82, 2.24) is 0 Å². The van der Waals surface area contributed by atoms with Crippen LogP contribution in [-0.2, 0) is 14.2 Å². The van der Waals surface area contributed by atoms with E-state index >= 15 is 0 Å². The minimum absolute atomic E-state index is 0.0203. The van der Waals surface area contributed by atoms with Crippen LogP contribution in [0.15, 0.2) is 12.2 Å². The molecule has 0 unspecified atom stereocenters. The molecule has 3 saturated carbocycles. The van der Waals surface area contributed by atoms with E-state index in [1.165, 1.54) is 44.9 Å². The molecule has 4 heteroatoms. The summed E-state index contributed by atoms with van der Waals surface area (Å²) in [6, 6.07) is 0. The summed E-state index contributed by atoms with van der Waals surface area (Å²) in [5.74, 6) is 2.91. The number of allylic oxidation sites excluding steroid dienone is 1. The molecule has 4 aliphatic carbocycles. The first-order valence-corrected chi connectivity index (χ1v) is 13.0. The van der Waals surface area contributed by atoms with E-state index in [1.807, 2.05) is 7.11 Å². The number of hydrogen-bond donors (Lipinski definition) is 0. The second kappa shape index (κ2) is 9.45. The highest BCUT2D eigenvalue weighted by Crippen LogP contribution is 2.65. The molecule has 0 aromatic rings. The number of carbonyl (C=O) groups is 1. The first-order valence-electron chi connectivity index (χ1n) is 13.0. The zero-order chi connectivity index (χ0) is 22.1. The Morgan fingerprint density at radius 1 is 1.03 bits per heavy atom. The van der Waals surface area contributed by atoms with Gasteiger partial charge in [-0.25, -0.2) is 4.79 Å². The average Bonchev–Trinajstić information content (AvgIpc) is 3.09. The van der Waals surface area contributed by atoms with Gasteiger partial charge in [-0.15, -0.1) is 0 Å². The zero-order valence-corrected chi connectivity index (χ0v) is 20.2. The van der Waals surface area contributed by atoms with Crippen molar-refractivity contribution in [1.29, 1.82) is 0 Å². The van der Waals surface area contributed by atoms with Gasteiger partial charge in [0.1, 0.15) is 6.10 Å². The van der Waals surface area contributed by atoms with Crippen LogP contribution in [0.4, 0.5) is 4.79 Å². The Bertz CT molecular complexity index is 660. The van der Waals surface area contributed by atoms with Gasteiger partial charge in [0.2, 0.25) is 0 Å². The highest BCUT2D eigenvalue weighted by Gasteiger charge is 2.60. The molecule has 0 amide bonds. The lowest BCUT2D eigenvalue weighted by atomic mass is 9.46. The minimum atomic E-state index is -0.443. The molecule has 4 rings (SSSR count). The fourth-order valence-electron chi connectivity index (χ4n) is 7.93. The molecule has 0 aliphatic heterocycles. The van der Waals surface area contributed by atoms with Crippen molar-refractivity contribution >= 4 is 6.16 Å². The second-order valence-corrected chi connectivity index (χ2v) is 11.3. The van der Waals surface area contributed by atoms with Gasteiger partial charge < -0.3 is 14.2 Å². The molecule has 0 aromatic carbocycles. The normalized spacial score (nSPS) is 43.6. The number of ether oxygens (including phenoxy) is 3. The number of methoxy groups -OCH3 is 1. The second-order valence-electron chi connectivity index (χ2n) is 11.3. The fourth-order valence-corrected chi connectivity index (χ4v) is 7.93. The molecule has 0 bridgehead atoms. The fraction of sp³-hybridized carbons (Fsp3) is 0.889. The molecule has 0 saturated heterocycles. The summed E-state index contributed by atoms with van der Waals surface area (Å²) in [6.45, 7) is 7.59. The number of hydrogen-bond acceptors (Lipinski definition) is 4. The molecular formula is C27H44O4. The molecule has 0 N–H and O–H groups in total. The third-order valence-electron chi connectivity index (χ3n) is 9.82. The van der Waals surface area contributed by atoms with Crippen molar-refractivity contribution in [3.8, 4) is 0 Å². The smallest absolute Gasteiger partial charge is 0.434 e. The SMILES string of the molecule is CCCCCCOC(=O)O[C@H]1CC[C@H]2[C@@H]3CC[C@H]4C[C@@H](OC)C=C[C@]4(C)[C@H]3CC[C@]12C. The van der Waals surface area contributed by atoms with Crippen LogP contribution in [0.3, 0.4) is 0 Å². The third kappa shape index (κ3) is 4.30. The molecule has 0 radical (unpaired) electrons. The Morgan fingerprint density at radius 2 is 1.87 bits per heavy atom. The van der Waals surface area contributed by atoms with Crippen molar-refractivity contribution in [2.24, 2.45) is 34.5 Å². The maximum atomic E-state index is 12.4. The molecule has 0 spiro atoms. The molecular weight excluding hydrogens is 388 g/mol. The number of carbonyl (C=O) groups excluding carboxylic acids is 1. The summed E-state index contributed by atoms with van der Waals surface area (Å²) < 4.78 is 17.0. The van der Waals surface area contributed by atoms with Gasteiger partial charge in [-0.1, -0.05) is 52.2 Å². The first kappa shape index (κ1) is 23.1. The van der Waals surface area contributed by atoms with Crippen molar-refractivity contribution < 1.29 is 19.0 Å². The Labute approximate surface area is 189 Å². The van der Waals surface area contributed by atoms with Crippen LogP contribution in [-0.4, -0.2) is 32.1 Å². The van der Waals surface area contributed by atoms with Crippen LogP contribution in [0, 0.1) is 34.5 Å². The summed E-state index contributed by atoms with van der Waals surface area (Å²) in [5.41, 5.74) is 0.411. The number of rotatable bonds is 7.